The average molecular weight is 529 g/mol. The molecule has 7 heteroatoms. The number of nitrogens with zero attached hydrogens (tertiary/aromatic N) is 2. The van der Waals surface area contributed by atoms with Gasteiger partial charge in [-0.3, -0.25) is 9.59 Å². The first-order chi connectivity index (χ1) is 19.0. The minimum atomic E-state index is -0.341. The SMILES string of the molecule is CCOCCCN(CC(=O)N(Cc1ccc(F)cc1)Cc1ccco1)C(=O)c1ccc(-c2ccccc2)cc1. The van der Waals surface area contributed by atoms with Crippen molar-refractivity contribution in [2.75, 3.05) is 26.3 Å². The molecule has 0 aliphatic carbocycles. The van der Waals surface area contributed by atoms with Crippen molar-refractivity contribution in [3.63, 3.8) is 0 Å². The van der Waals surface area contributed by atoms with Crippen LogP contribution in [0.15, 0.2) is 102 Å². The topological polar surface area (TPSA) is 63.0 Å². The minimum Gasteiger partial charge on any atom is -0.467 e. The third-order valence-electron chi connectivity index (χ3n) is 6.34. The van der Waals surface area contributed by atoms with Gasteiger partial charge in [0.25, 0.3) is 5.91 Å². The van der Waals surface area contributed by atoms with E-state index in [4.69, 9.17) is 9.15 Å². The van der Waals surface area contributed by atoms with Gasteiger partial charge in [0.1, 0.15) is 18.1 Å². The Morgan fingerprint density at radius 2 is 1.54 bits per heavy atom. The van der Waals surface area contributed by atoms with Crippen LogP contribution in [-0.2, 0) is 22.6 Å². The summed E-state index contributed by atoms with van der Waals surface area (Å²) >= 11 is 0. The van der Waals surface area contributed by atoms with Crippen molar-refractivity contribution in [1.29, 1.82) is 0 Å². The Labute approximate surface area is 228 Å². The number of hydrogen-bond donors (Lipinski definition) is 0. The minimum absolute atomic E-state index is 0.104. The molecule has 1 aromatic heterocycles. The predicted octanol–water partition coefficient (Wildman–Crippen LogP) is 6.18. The number of amides is 2. The highest BCUT2D eigenvalue weighted by Gasteiger charge is 2.23. The fraction of sp³-hybridized carbons (Fsp3) is 0.250. The molecule has 0 radical (unpaired) electrons. The van der Waals surface area contributed by atoms with Gasteiger partial charge in [-0.2, -0.15) is 0 Å². The number of benzene rings is 3. The second kappa shape index (κ2) is 14.1. The van der Waals surface area contributed by atoms with E-state index < -0.39 is 0 Å². The van der Waals surface area contributed by atoms with Gasteiger partial charge in [-0.25, -0.2) is 4.39 Å². The van der Waals surface area contributed by atoms with Crippen molar-refractivity contribution in [3.8, 4) is 11.1 Å². The summed E-state index contributed by atoms with van der Waals surface area (Å²) in [5.74, 6) is -0.177. The Morgan fingerprint density at radius 1 is 0.821 bits per heavy atom. The third kappa shape index (κ3) is 8.12. The van der Waals surface area contributed by atoms with E-state index in [0.717, 1.165) is 16.7 Å². The number of hydrogen-bond acceptors (Lipinski definition) is 4. The van der Waals surface area contributed by atoms with Crippen LogP contribution in [0.5, 0.6) is 0 Å². The van der Waals surface area contributed by atoms with Gasteiger partial charge in [-0.15, -0.1) is 0 Å². The van der Waals surface area contributed by atoms with Crippen LogP contribution in [0.1, 0.15) is 35.0 Å². The van der Waals surface area contributed by atoms with Crippen LogP contribution < -0.4 is 0 Å². The molecule has 202 valence electrons. The van der Waals surface area contributed by atoms with E-state index in [9.17, 15) is 14.0 Å². The molecule has 0 saturated heterocycles. The van der Waals surface area contributed by atoms with Crippen LogP contribution in [-0.4, -0.2) is 47.9 Å². The first-order valence-electron chi connectivity index (χ1n) is 13.1. The molecule has 2 amide bonds. The summed E-state index contributed by atoms with van der Waals surface area (Å²) in [6.45, 7) is 3.75. The highest BCUT2D eigenvalue weighted by Crippen LogP contribution is 2.20. The molecule has 39 heavy (non-hydrogen) atoms. The molecule has 0 bridgehead atoms. The zero-order valence-electron chi connectivity index (χ0n) is 22.1. The van der Waals surface area contributed by atoms with Crippen LogP contribution in [0.25, 0.3) is 11.1 Å². The van der Waals surface area contributed by atoms with E-state index in [1.807, 2.05) is 49.4 Å². The van der Waals surface area contributed by atoms with Crippen LogP contribution >= 0.6 is 0 Å². The molecule has 4 rings (SSSR count). The zero-order valence-corrected chi connectivity index (χ0v) is 22.1. The fourth-order valence-corrected chi connectivity index (χ4v) is 4.27. The van der Waals surface area contributed by atoms with Gasteiger partial charge in [0.15, 0.2) is 0 Å². The Bertz CT molecular complexity index is 1310. The Hall–Kier alpha value is -4.23. The van der Waals surface area contributed by atoms with E-state index in [-0.39, 0.29) is 37.3 Å². The van der Waals surface area contributed by atoms with Crippen molar-refractivity contribution in [3.05, 3.63) is 120 Å². The predicted molar refractivity (Wildman–Crippen MR) is 148 cm³/mol. The van der Waals surface area contributed by atoms with Crippen molar-refractivity contribution >= 4 is 11.8 Å². The maximum atomic E-state index is 13.6. The van der Waals surface area contributed by atoms with Gasteiger partial charge < -0.3 is 19.0 Å². The Morgan fingerprint density at radius 3 is 2.21 bits per heavy atom. The van der Waals surface area contributed by atoms with E-state index in [1.165, 1.54) is 12.1 Å². The van der Waals surface area contributed by atoms with E-state index in [0.29, 0.717) is 37.5 Å². The highest BCUT2D eigenvalue weighted by molar-refractivity contribution is 5.97. The quantitative estimate of drug-likeness (QED) is 0.194. The van der Waals surface area contributed by atoms with Crippen LogP contribution in [0.3, 0.4) is 0 Å². The fourth-order valence-electron chi connectivity index (χ4n) is 4.27. The highest BCUT2D eigenvalue weighted by atomic mass is 19.1. The average Bonchev–Trinajstić information content (AvgIpc) is 3.49. The Kier molecular flexibility index (Phi) is 10.0. The molecule has 3 aromatic carbocycles. The summed E-state index contributed by atoms with van der Waals surface area (Å²) < 4.78 is 24.4. The van der Waals surface area contributed by atoms with Gasteiger partial charge >= 0.3 is 0 Å². The Balaban J connectivity index is 1.52. The van der Waals surface area contributed by atoms with E-state index >= 15 is 0 Å². The summed E-state index contributed by atoms with van der Waals surface area (Å²) in [6.07, 6.45) is 2.16. The number of carbonyl (C=O) groups is 2. The van der Waals surface area contributed by atoms with Crippen LogP contribution in [0.2, 0.25) is 0 Å². The van der Waals surface area contributed by atoms with Crippen molar-refractivity contribution < 1.29 is 23.1 Å². The molecule has 4 aromatic rings. The van der Waals surface area contributed by atoms with E-state index in [1.54, 1.807) is 52.5 Å². The molecule has 0 unspecified atom stereocenters. The molecule has 0 N–H and O–H groups in total. The third-order valence-corrected chi connectivity index (χ3v) is 6.34. The first kappa shape index (κ1) is 27.8. The zero-order chi connectivity index (χ0) is 27.5. The standard InChI is InChI=1S/C32H33FN2O4/c1-2-38-20-7-19-34(32(37)28-15-13-27(14-16-28)26-8-4-3-5-9-26)24-31(36)35(23-30-10-6-21-39-30)22-25-11-17-29(33)18-12-25/h3-6,8-18,21H,2,7,19-20,22-24H2,1H3. The van der Waals surface area contributed by atoms with Crippen molar-refractivity contribution in [2.45, 2.75) is 26.4 Å². The molecule has 0 fully saturated rings. The smallest absolute Gasteiger partial charge is 0.254 e. The lowest BCUT2D eigenvalue weighted by Crippen LogP contribution is -2.43. The van der Waals surface area contributed by atoms with Gasteiger partial charge in [0.2, 0.25) is 5.91 Å². The lowest BCUT2D eigenvalue weighted by Gasteiger charge is -2.27. The molecule has 6 nitrogen and oxygen atoms in total. The molecule has 0 atom stereocenters. The molecule has 0 aliphatic heterocycles. The number of ether oxygens (including phenoxy) is 1. The summed E-state index contributed by atoms with van der Waals surface area (Å²) in [5.41, 5.74) is 3.36. The summed E-state index contributed by atoms with van der Waals surface area (Å²) in [7, 11) is 0. The number of rotatable bonds is 13. The molecule has 0 saturated carbocycles. The van der Waals surface area contributed by atoms with Gasteiger partial charge in [-0.1, -0.05) is 54.6 Å². The van der Waals surface area contributed by atoms with E-state index in [2.05, 4.69) is 0 Å². The first-order valence-corrected chi connectivity index (χ1v) is 13.1. The van der Waals surface area contributed by atoms with Crippen molar-refractivity contribution in [1.82, 2.24) is 9.80 Å². The maximum absolute atomic E-state index is 13.6. The number of halogens is 1. The second-order valence-electron chi connectivity index (χ2n) is 9.18. The molecular weight excluding hydrogens is 495 g/mol. The lowest BCUT2D eigenvalue weighted by atomic mass is 10.0. The molecular formula is C32H33FN2O4. The largest absolute Gasteiger partial charge is 0.467 e. The van der Waals surface area contributed by atoms with Crippen LogP contribution in [0.4, 0.5) is 4.39 Å². The molecule has 1 heterocycles. The van der Waals surface area contributed by atoms with Gasteiger partial charge in [-0.05, 0) is 66.4 Å². The van der Waals surface area contributed by atoms with Crippen molar-refractivity contribution in [2.24, 2.45) is 0 Å². The maximum Gasteiger partial charge on any atom is 0.254 e. The summed E-state index contributed by atoms with van der Waals surface area (Å²) in [4.78, 5) is 30.4. The van der Waals surface area contributed by atoms with Gasteiger partial charge in [0, 0.05) is 31.9 Å². The molecule has 0 spiro atoms. The number of carbonyl (C=O) groups excluding carboxylic acids is 2. The van der Waals surface area contributed by atoms with Gasteiger partial charge in [0.05, 0.1) is 12.8 Å². The second-order valence-corrected chi connectivity index (χ2v) is 9.18. The normalized spacial score (nSPS) is 10.8. The summed E-state index contributed by atoms with van der Waals surface area (Å²) in [5, 5.41) is 0. The molecule has 0 aliphatic rings. The lowest BCUT2D eigenvalue weighted by molar-refractivity contribution is -0.133. The monoisotopic (exact) mass is 528 g/mol. The summed E-state index contributed by atoms with van der Waals surface area (Å²) in [6, 6.07) is 27.0. The number of furan rings is 1. The van der Waals surface area contributed by atoms with Crippen LogP contribution in [0, 0.1) is 5.82 Å².